The van der Waals surface area contributed by atoms with Crippen molar-refractivity contribution < 1.29 is 9.18 Å². The Hall–Kier alpha value is -3.28. The van der Waals surface area contributed by atoms with Crippen molar-refractivity contribution in [3.8, 4) is 16.9 Å². The van der Waals surface area contributed by atoms with Crippen LogP contribution in [0.15, 0.2) is 65.8 Å². The number of nitrogens with two attached hydrogens (primary N) is 1. The number of carbonyl (C=O) groups excluding carboxylic acids is 1. The van der Waals surface area contributed by atoms with Crippen molar-refractivity contribution in [2.24, 2.45) is 5.73 Å². The van der Waals surface area contributed by atoms with Crippen molar-refractivity contribution >= 4 is 5.91 Å². The van der Waals surface area contributed by atoms with Gasteiger partial charge in [0.1, 0.15) is 17.2 Å². The van der Waals surface area contributed by atoms with Crippen LogP contribution in [0.25, 0.3) is 16.9 Å². The highest BCUT2D eigenvalue weighted by Crippen LogP contribution is 2.18. The van der Waals surface area contributed by atoms with E-state index in [2.05, 4.69) is 4.98 Å². The predicted octanol–water partition coefficient (Wildman–Crippen LogP) is 2.14. The lowest BCUT2D eigenvalue weighted by atomic mass is 10.0. The molecule has 114 valence electrons. The van der Waals surface area contributed by atoms with Gasteiger partial charge in [0.2, 0.25) is 5.43 Å². The Kier molecular flexibility index (Phi) is 3.72. The third-order valence-corrected chi connectivity index (χ3v) is 3.36. The molecule has 1 aromatic carbocycles. The largest absolute Gasteiger partial charge is 0.365 e. The number of hydrogen-bond acceptors (Lipinski definition) is 3. The fourth-order valence-corrected chi connectivity index (χ4v) is 2.23. The second-order valence-corrected chi connectivity index (χ2v) is 4.88. The van der Waals surface area contributed by atoms with Gasteiger partial charge in [0.25, 0.3) is 5.91 Å². The molecule has 1 amide bonds. The number of nitrogens with zero attached hydrogens (tertiary/aromatic N) is 2. The molecule has 0 unspecified atom stereocenters. The van der Waals surface area contributed by atoms with E-state index in [4.69, 9.17) is 5.73 Å². The molecule has 0 saturated heterocycles. The number of rotatable bonds is 3. The molecule has 3 aromatic rings. The highest BCUT2D eigenvalue weighted by Gasteiger charge is 2.14. The molecule has 0 radical (unpaired) electrons. The first kappa shape index (κ1) is 14.6. The summed E-state index contributed by atoms with van der Waals surface area (Å²) in [6, 6.07) is 10.7. The molecular formula is C17H12FN3O2. The third-order valence-electron chi connectivity index (χ3n) is 3.36. The normalized spacial score (nSPS) is 10.5. The number of amides is 1. The van der Waals surface area contributed by atoms with Crippen LogP contribution in [0, 0.1) is 5.82 Å². The maximum absolute atomic E-state index is 13.1. The quantitative estimate of drug-likeness (QED) is 0.805. The monoisotopic (exact) mass is 309 g/mol. The van der Waals surface area contributed by atoms with Gasteiger partial charge in [-0.25, -0.2) is 9.37 Å². The standard InChI is InChI=1S/C17H12FN3O2/c18-12-6-4-11(5-7-12)13-9-21(15-3-1-2-8-20-15)10-14(16(13)22)17(19)23/h1-10H,(H2,19,23). The van der Waals surface area contributed by atoms with Crippen molar-refractivity contribution in [3.63, 3.8) is 0 Å². The van der Waals surface area contributed by atoms with E-state index >= 15 is 0 Å². The first-order valence-electron chi connectivity index (χ1n) is 6.80. The summed E-state index contributed by atoms with van der Waals surface area (Å²) in [5, 5.41) is 0. The summed E-state index contributed by atoms with van der Waals surface area (Å²) < 4.78 is 14.6. The van der Waals surface area contributed by atoms with E-state index in [1.807, 2.05) is 0 Å². The number of primary amides is 1. The molecular weight excluding hydrogens is 297 g/mol. The Balaban J connectivity index is 2.26. The zero-order chi connectivity index (χ0) is 16.4. The van der Waals surface area contributed by atoms with Gasteiger partial charge in [-0.3, -0.25) is 9.59 Å². The van der Waals surface area contributed by atoms with Crippen molar-refractivity contribution in [1.82, 2.24) is 9.55 Å². The van der Waals surface area contributed by atoms with Crippen LogP contribution >= 0.6 is 0 Å². The molecule has 0 bridgehead atoms. The predicted molar refractivity (Wildman–Crippen MR) is 83.7 cm³/mol. The lowest BCUT2D eigenvalue weighted by molar-refractivity contribution is 0.0999. The van der Waals surface area contributed by atoms with Crippen LogP contribution in [0.2, 0.25) is 0 Å². The zero-order valence-electron chi connectivity index (χ0n) is 11.9. The Morgan fingerprint density at radius 2 is 1.83 bits per heavy atom. The molecule has 2 heterocycles. The van der Waals surface area contributed by atoms with Gasteiger partial charge in [0, 0.05) is 24.2 Å². The van der Waals surface area contributed by atoms with E-state index in [-0.39, 0.29) is 11.1 Å². The summed E-state index contributed by atoms with van der Waals surface area (Å²) in [6.07, 6.45) is 4.49. The minimum atomic E-state index is -0.830. The molecule has 0 aliphatic heterocycles. The second kappa shape index (κ2) is 5.84. The molecule has 23 heavy (non-hydrogen) atoms. The van der Waals surface area contributed by atoms with Crippen molar-refractivity contribution in [1.29, 1.82) is 0 Å². The van der Waals surface area contributed by atoms with E-state index in [1.165, 1.54) is 30.5 Å². The Morgan fingerprint density at radius 1 is 1.09 bits per heavy atom. The number of hydrogen-bond donors (Lipinski definition) is 1. The summed E-state index contributed by atoms with van der Waals surface area (Å²) in [4.78, 5) is 28.2. The lowest BCUT2D eigenvalue weighted by Crippen LogP contribution is -2.24. The van der Waals surface area contributed by atoms with Crippen molar-refractivity contribution in [2.45, 2.75) is 0 Å². The van der Waals surface area contributed by atoms with E-state index in [0.717, 1.165) is 0 Å². The van der Waals surface area contributed by atoms with Crippen LogP contribution in [-0.2, 0) is 0 Å². The Morgan fingerprint density at radius 3 is 2.43 bits per heavy atom. The molecule has 0 aliphatic rings. The topological polar surface area (TPSA) is 78.0 Å². The molecule has 6 heteroatoms. The molecule has 2 N–H and O–H groups in total. The van der Waals surface area contributed by atoms with Gasteiger partial charge in [0.15, 0.2) is 0 Å². The van der Waals surface area contributed by atoms with E-state index in [1.54, 1.807) is 35.2 Å². The number of aromatic nitrogens is 2. The van der Waals surface area contributed by atoms with Crippen LogP contribution in [0.3, 0.4) is 0 Å². The number of halogens is 1. The van der Waals surface area contributed by atoms with Crippen molar-refractivity contribution in [3.05, 3.63) is 82.7 Å². The minimum Gasteiger partial charge on any atom is -0.365 e. The van der Waals surface area contributed by atoms with E-state index < -0.39 is 17.2 Å². The minimum absolute atomic E-state index is 0.155. The molecule has 5 nitrogen and oxygen atoms in total. The number of carbonyl (C=O) groups is 1. The maximum Gasteiger partial charge on any atom is 0.254 e. The molecule has 0 aliphatic carbocycles. The van der Waals surface area contributed by atoms with Gasteiger partial charge in [-0.05, 0) is 29.8 Å². The SMILES string of the molecule is NC(=O)c1cn(-c2ccccn2)cc(-c2ccc(F)cc2)c1=O. The van der Waals surface area contributed by atoms with Crippen LogP contribution in [0.5, 0.6) is 0 Å². The van der Waals surface area contributed by atoms with Gasteiger partial charge < -0.3 is 10.3 Å². The third kappa shape index (κ3) is 2.87. The fraction of sp³-hybridized carbons (Fsp3) is 0. The van der Waals surface area contributed by atoms with Crippen LogP contribution < -0.4 is 11.2 Å². The molecule has 0 saturated carbocycles. The molecule has 3 rings (SSSR count). The molecule has 0 atom stereocenters. The zero-order valence-corrected chi connectivity index (χ0v) is 11.9. The van der Waals surface area contributed by atoms with Crippen molar-refractivity contribution in [2.75, 3.05) is 0 Å². The first-order valence-corrected chi connectivity index (χ1v) is 6.80. The first-order chi connectivity index (χ1) is 11.1. The summed E-state index contributed by atoms with van der Waals surface area (Å²) in [5.41, 5.74) is 5.37. The Labute approximate surface area is 130 Å². The van der Waals surface area contributed by atoms with Gasteiger partial charge >= 0.3 is 0 Å². The average molecular weight is 309 g/mol. The van der Waals surface area contributed by atoms with Gasteiger partial charge in [-0.15, -0.1) is 0 Å². The molecule has 0 spiro atoms. The summed E-state index contributed by atoms with van der Waals surface area (Å²) in [5.74, 6) is -0.716. The number of benzene rings is 1. The number of pyridine rings is 2. The highest BCUT2D eigenvalue weighted by molar-refractivity contribution is 5.93. The second-order valence-electron chi connectivity index (χ2n) is 4.88. The van der Waals surface area contributed by atoms with E-state index in [9.17, 15) is 14.0 Å². The smallest absolute Gasteiger partial charge is 0.254 e. The maximum atomic E-state index is 13.1. The summed E-state index contributed by atoms with van der Waals surface area (Å²) in [6.45, 7) is 0. The van der Waals surface area contributed by atoms with Crippen LogP contribution in [0.1, 0.15) is 10.4 Å². The summed E-state index contributed by atoms with van der Waals surface area (Å²) in [7, 11) is 0. The lowest BCUT2D eigenvalue weighted by Gasteiger charge is -2.10. The van der Waals surface area contributed by atoms with Gasteiger partial charge in [-0.2, -0.15) is 0 Å². The van der Waals surface area contributed by atoms with Crippen LogP contribution in [0.4, 0.5) is 4.39 Å². The summed E-state index contributed by atoms with van der Waals surface area (Å²) >= 11 is 0. The highest BCUT2D eigenvalue weighted by atomic mass is 19.1. The van der Waals surface area contributed by atoms with Gasteiger partial charge in [-0.1, -0.05) is 18.2 Å². The van der Waals surface area contributed by atoms with E-state index in [0.29, 0.717) is 11.4 Å². The van der Waals surface area contributed by atoms with Gasteiger partial charge in [0.05, 0.1) is 0 Å². The molecule has 0 fully saturated rings. The fourth-order valence-electron chi connectivity index (χ4n) is 2.23. The Bertz CT molecular complexity index is 919. The molecule has 2 aromatic heterocycles. The van der Waals surface area contributed by atoms with Crippen LogP contribution in [-0.4, -0.2) is 15.5 Å². The average Bonchev–Trinajstić information content (AvgIpc) is 2.56.